The number of carbonyl (C=O) groups is 3. The van der Waals surface area contributed by atoms with E-state index in [0.29, 0.717) is 13.0 Å². The largest absolute Gasteiger partial charge is 0.339 e. The topological polar surface area (TPSA) is 78.5 Å². The number of urea groups is 1. The quantitative estimate of drug-likeness (QED) is 0.591. The molecule has 3 rings (SSSR count). The molecule has 1 spiro atoms. The number of likely N-dealkylation sites (tertiary alicyclic amines) is 1. The highest BCUT2D eigenvalue weighted by atomic mass is 16.2. The Kier molecular flexibility index (Phi) is 3.13. The predicted molar refractivity (Wildman–Crippen MR) is 80.8 cm³/mol. The molecule has 0 radical (unpaired) electrons. The van der Waals surface area contributed by atoms with Gasteiger partial charge in [-0.3, -0.25) is 14.9 Å². The van der Waals surface area contributed by atoms with Crippen molar-refractivity contribution < 1.29 is 14.4 Å². The van der Waals surface area contributed by atoms with Crippen LogP contribution in [0, 0.1) is 17.3 Å². The van der Waals surface area contributed by atoms with E-state index in [-0.39, 0.29) is 35.6 Å². The third kappa shape index (κ3) is 2.12. The van der Waals surface area contributed by atoms with Crippen molar-refractivity contribution in [3.63, 3.8) is 0 Å². The van der Waals surface area contributed by atoms with Gasteiger partial charge in [-0.15, -0.1) is 0 Å². The van der Waals surface area contributed by atoms with Gasteiger partial charge in [-0.25, -0.2) is 4.79 Å². The maximum Gasteiger partial charge on any atom is 0.322 e. The van der Waals surface area contributed by atoms with Crippen molar-refractivity contribution in [3.05, 3.63) is 11.6 Å². The molecule has 22 heavy (non-hydrogen) atoms. The summed E-state index contributed by atoms with van der Waals surface area (Å²) in [5.74, 6) is 0.00768. The highest BCUT2D eigenvalue weighted by Crippen LogP contribution is 2.60. The van der Waals surface area contributed by atoms with E-state index in [9.17, 15) is 14.4 Å². The molecule has 1 aliphatic carbocycles. The van der Waals surface area contributed by atoms with Gasteiger partial charge in [-0.1, -0.05) is 25.5 Å². The second kappa shape index (κ2) is 4.57. The standard InChI is InChI=1S/C16H23N3O3/c1-9(2)7-10-11(15(10,3)4)12(20)19-6-5-16(8-19)13(21)17-14(22)18-16/h7,10-11H,5-6,8H2,1-4H3,(H2,17,18,21,22)/t10-,11-,16+/m1/s1. The van der Waals surface area contributed by atoms with E-state index in [0.717, 1.165) is 0 Å². The summed E-state index contributed by atoms with van der Waals surface area (Å²) in [6, 6.07) is -0.464. The molecule has 4 amide bonds. The third-order valence-corrected chi connectivity index (χ3v) is 5.29. The minimum absolute atomic E-state index is 0.0299. The summed E-state index contributed by atoms with van der Waals surface area (Å²) in [4.78, 5) is 37.8. The van der Waals surface area contributed by atoms with Crippen molar-refractivity contribution in [1.29, 1.82) is 0 Å². The van der Waals surface area contributed by atoms with Crippen molar-refractivity contribution >= 4 is 17.8 Å². The maximum absolute atomic E-state index is 12.8. The van der Waals surface area contributed by atoms with E-state index in [4.69, 9.17) is 0 Å². The lowest BCUT2D eigenvalue weighted by molar-refractivity contribution is -0.133. The molecule has 0 aromatic carbocycles. The van der Waals surface area contributed by atoms with Crippen molar-refractivity contribution in [3.8, 4) is 0 Å². The molecule has 1 saturated carbocycles. The van der Waals surface area contributed by atoms with Gasteiger partial charge in [0.2, 0.25) is 5.91 Å². The van der Waals surface area contributed by atoms with Crippen LogP contribution in [-0.2, 0) is 9.59 Å². The van der Waals surface area contributed by atoms with Crippen LogP contribution in [0.4, 0.5) is 4.79 Å². The molecule has 0 bridgehead atoms. The molecule has 0 unspecified atom stereocenters. The summed E-state index contributed by atoms with van der Waals surface area (Å²) < 4.78 is 0. The van der Waals surface area contributed by atoms with Gasteiger partial charge in [-0.2, -0.15) is 0 Å². The minimum atomic E-state index is -0.919. The van der Waals surface area contributed by atoms with Crippen LogP contribution in [-0.4, -0.2) is 41.4 Å². The first-order valence-electron chi connectivity index (χ1n) is 7.75. The number of hydrogen-bond donors (Lipinski definition) is 2. The number of allylic oxidation sites excluding steroid dienone is 2. The van der Waals surface area contributed by atoms with Crippen LogP contribution < -0.4 is 10.6 Å². The Hall–Kier alpha value is -1.85. The first-order valence-corrected chi connectivity index (χ1v) is 7.75. The fraction of sp³-hybridized carbons (Fsp3) is 0.688. The summed E-state index contributed by atoms with van der Waals surface area (Å²) >= 11 is 0. The molecule has 0 aromatic heterocycles. The summed E-state index contributed by atoms with van der Waals surface area (Å²) in [6.45, 7) is 9.08. The number of imide groups is 1. The predicted octanol–water partition coefficient (Wildman–Crippen LogP) is 1.04. The Morgan fingerprint density at radius 1 is 1.32 bits per heavy atom. The number of nitrogens with zero attached hydrogens (tertiary/aromatic N) is 1. The summed E-state index contributed by atoms with van der Waals surface area (Å²) in [6.07, 6.45) is 2.65. The molecule has 2 aliphatic heterocycles. The van der Waals surface area contributed by atoms with E-state index in [2.05, 4.69) is 30.6 Å². The van der Waals surface area contributed by atoms with Crippen molar-refractivity contribution in [2.75, 3.05) is 13.1 Å². The third-order valence-electron chi connectivity index (χ3n) is 5.29. The molecule has 6 heteroatoms. The molecular formula is C16H23N3O3. The molecule has 2 N–H and O–H groups in total. The zero-order valence-corrected chi connectivity index (χ0v) is 13.5. The van der Waals surface area contributed by atoms with E-state index in [1.54, 1.807) is 4.90 Å². The highest BCUT2D eigenvalue weighted by Gasteiger charge is 2.63. The molecular weight excluding hydrogens is 282 g/mol. The van der Waals surface area contributed by atoms with E-state index < -0.39 is 11.6 Å². The highest BCUT2D eigenvalue weighted by molar-refractivity contribution is 6.07. The van der Waals surface area contributed by atoms with Gasteiger partial charge < -0.3 is 10.2 Å². The van der Waals surface area contributed by atoms with Crippen LogP contribution in [0.2, 0.25) is 0 Å². The number of carbonyl (C=O) groups excluding carboxylic acids is 3. The Morgan fingerprint density at radius 2 is 2.00 bits per heavy atom. The molecule has 3 fully saturated rings. The van der Waals surface area contributed by atoms with Gasteiger partial charge in [0.15, 0.2) is 0 Å². The van der Waals surface area contributed by atoms with Gasteiger partial charge in [0, 0.05) is 6.54 Å². The van der Waals surface area contributed by atoms with Gasteiger partial charge in [0.05, 0.1) is 12.5 Å². The lowest BCUT2D eigenvalue weighted by Crippen LogP contribution is -2.49. The van der Waals surface area contributed by atoms with Gasteiger partial charge in [0.1, 0.15) is 5.54 Å². The van der Waals surface area contributed by atoms with Gasteiger partial charge in [0.25, 0.3) is 5.91 Å². The molecule has 2 heterocycles. The lowest BCUT2D eigenvalue weighted by atomic mass is 9.99. The summed E-state index contributed by atoms with van der Waals surface area (Å²) in [5, 5.41) is 4.95. The Morgan fingerprint density at radius 3 is 2.55 bits per heavy atom. The van der Waals surface area contributed by atoms with E-state index >= 15 is 0 Å². The van der Waals surface area contributed by atoms with Crippen LogP contribution >= 0.6 is 0 Å². The summed E-state index contributed by atoms with van der Waals surface area (Å²) in [7, 11) is 0. The number of hydrogen-bond acceptors (Lipinski definition) is 3. The Labute approximate surface area is 130 Å². The average molecular weight is 305 g/mol. The molecule has 3 aliphatic rings. The van der Waals surface area contributed by atoms with Crippen LogP contribution in [0.3, 0.4) is 0 Å². The number of nitrogens with one attached hydrogen (secondary N) is 2. The van der Waals surface area contributed by atoms with Crippen molar-refractivity contribution in [2.45, 2.75) is 39.7 Å². The van der Waals surface area contributed by atoms with Crippen molar-refractivity contribution in [1.82, 2.24) is 15.5 Å². The second-order valence-corrected chi connectivity index (χ2v) is 7.57. The molecule has 2 saturated heterocycles. The van der Waals surface area contributed by atoms with Crippen molar-refractivity contribution in [2.24, 2.45) is 17.3 Å². The van der Waals surface area contributed by atoms with Gasteiger partial charge >= 0.3 is 6.03 Å². The van der Waals surface area contributed by atoms with Crippen LogP contribution in [0.25, 0.3) is 0 Å². The Balaban J connectivity index is 1.72. The Bertz CT molecular complexity index is 591. The van der Waals surface area contributed by atoms with E-state index in [1.807, 2.05) is 13.8 Å². The second-order valence-electron chi connectivity index (χ2n) is 7.57. The smallest absolute Gasteiger partial charge is 0.322 e. The number of rotatable bonds is 2. The number of amides is 4. The summed E-state index contributed by atoms with van der Waals surface area (Å²) in [5.41, 5.74) is 0.261. The van der Waals surface area contributed by atoms with Crippen LogP contribution in [0.5, 0.6) is 0 Å². The first-order chi connectivity index (χ1) is 10.2. The maximum atomic E-state index is 12.8. The lowest BCUT2D eigenvalue weighted by Gasteiger charge is -2.21. The van der Waals surface area contributed by atoms with Gasteiger partial charge in [-0.05, 0) is 31.6 Å². The van der Waals surface area contributed by atoms with Crippen LogP contribution in [0.15, 0.2) is 11.6 Å². The fourth-order valence-corrected chi connectivity index (χ4v) is 3.83. The zero-order valence-electron chi connectivity index (χ0n) is 13.5. The van der Waals surface area contributed by atoms with E-state index in [1.165, 1.54) is 5.57 Å². The van der Waals surface area contributed by atoms with Crippen LogP contribution in [0.1, 0.15) is 34.1 Å². The molecule has 6 nitrogen and oxygen atoms in total. The average Bonchev–Trinajstić information content (AvgIpc) is 2.75. The molecule has 0 aromatic rings. The normalized spacial score (nSPS) is 35.4. The minimum Gasteiger partial charge on any atom is -0.339 e. The zero-order chi connectivity index (χ0) is 16.3. The molecule has 120 valence electrons. The molecule has 3 atom stereocenters. The monoisotopic (exact) mass is 305 g/mol. The SMILES string of the molecule is CC(C)=C[C@@H]1[C@H](C(=O)N2CC[C@@]3(C2)NC(=O)NC3=O)C1(C)C. The first kappa shape index (κ1) is 15.1. The fourth-order valence-electron chi connectivity index (χ4n) is 3.83.